The molecule has 0 fully saturated rings. The minimum atomic E-state index is -1.08. The standard InChI is InChI=1S/C19H19ClFNO4S/c1-10-8-14(12(3)27-10)17(23)6-7-18(24)26-11(2)19(25)22-16-5-4-13(21)9-15(16)20/h4-5,8-9,11H,6-7H2,1-3H3,(H,22,25)/t11-/m1/s1. The number of ketones is 1. The van der Waals surface area contributed by atoms with Crippen LogP contribution in [0.15, 0.2) is 24.3 Å². The number of hydrogen-bond donors (Lipinski definition) is 1. The Morgan fingerprint density at radius 1 is 1.22 bits per heavy atom. The molecule has 0 spiro atoms. The normalized spacial score (nSPS) is 11.7. The molecule has 0 radical (unpaired) electrons. The van der Waals surface area contributed by atoms with Gasteiger partial charge in [-0.2, -0.15) is 0 Å². The number of esters is 1. The number of carbonyl (C=O) groups excluding carboxylic acids is 3. The van der Waals surface area contributed by atoms with Gasteiger partial charge in [0, 0.05) is 21.7 Å². The third kappa shape index (κ3) is 5.87. The van der Waals surface area contributed by atoms with E-state index in [0.717, 1.165) is 21.9 Å². The van der Waals surface area contributed by atoms with Crippen LogP contribution in [-0.4, -0.2) is 23.8 Å². The Labute approximate surface area is 165 Å². The van der Waals surface area contributed by atoms with Crippen LogP contribution < -0.4 is 5.32 Å². The minimum absolute atomic E-state index is 0.00791. The fourth-order valence-corrected chi connectivity index (χ4v) is 3.55. The van der Waals surface area contributed by atoms with Crippen LogP contribution in [0.3, 0.4) is 0 Å². The van der Waals surface area contributed by atoms with Gasteiger partial charge in [-0.05, 0) is 45.0 Å². The van der Waals surface area contributed by atoms with Crippen molar-refractivity contribution in [3.05, 3.63) is 50.4 Å². The molecular weight excluding hydrogens is 393 g/mol. The Hall–Kier alpha value is -2.25. The highest BCUT2D eigenvalue weighted by Gasteiger charge is 2.20. The Balaban J connectivity index is 1.84. The van der Waals surface area contributed by atoms with Gasteiger partial charge in [0.05, 0.1) is 17.1 Å². The summed E-state index contributed by atoms with van der Waals surface area (Å²) < 4.78 is 18.1. The van der Waals surface area contributed by atoms with Crippen LogP contribution in [0.5, 0.6) is 0 Å². The number of halogens is 2. The summed E-state index contributed by atoms with van der Waals surface area (Å²) >= 11 is 7.37. The first-order chi connectivity index (χ1) is 12.7. The average Bonchev–Trinajstić information content (AvgIpc) is 2.93. The Morgan fingerprint density at radius 3 is 2.52 bits per heavy atom. The molecule has 2 rings (SSSR count). The molecule has 1 aromatic heterocycles. The monoisotopic (exact) mass is 411 g/mol. The lowest BCUT2D eigenvalue weighted by molar-refractivity contribution is -0.153. The molecule has 27 heavy (non-hydrogen) atoms. The second-order valence-corrected chi connectivity index (χ2v) is 7.86. The summed E-state index contributed by atoms with van der Waals surface area (Å²) in [5.74, 6) is -1.92. The number of amides is 1. The lowest BCUT2D eigenvalue weighted by Gasteiger charge is -2.14. The molecule has 0 aliphatic carbocycles. The second kappa shape index (κ2) is 9.10. The van der Waals surface area contributed by atoms with Crippen LogP contribution in [0.2, 0.25) is 5.02 Å². The fourth-order valence-electron chi connectivity index (χ4n) is 2.39. The number of rotatable bonds is 7. The topological polar surface area (TPSA) is 72.5 Å². The Kier molecular flexibility index (Phi) is 7.10. The third-order valence-corrected chi connectivity index (χ3v) is 5.04. The first kappa shape index (κ1) is 21.1. The van der Waals surface area contributed by atoms with Gasteiger partial charge in [0.2, 0.25) is 0 Å². The van der Waals surface area contributed by atoms with Gasteiger partial charge in [-0.3, -0.25) is 14.4 Å². The van der Waals surface area contributed by atoms with E-state index < -0.39 is 23.8 Å². The van der Waals surface area contributed by atoms with E-state index in [2.05, 4.69) is 5.32 Å². The molecule has 1 aromatic carbocycles. The minimum Gasteiger partial charge on any atom is -0.453 e. The molecule has 1 heterocycles. The fraction of sp³-hybridized carbons (Fsp3) is 0.316. The highest BCUT2D eigenvalue weighted by atomic mass is 35.5. The molecule has 1 amide bonds. The van der Waals surface area contributed by atoms with Crippen molar-refractivity contribution >= 4 is 46.3 Å². The first-order valence-corrected chi connectivity index (χ1v) is 9.42. The summed E-state index contributed by atoms with van der Waals surface area (Å²) in [6.45, 7) is 5.17. The first-order valence-electron chi connectivity index (χ1n) is 8.23. The number of benzene rings is 1. The van der Waals surface area contributed by atoms with E-state index in [4.69, 9.17) is 16.3 Å². The van der Waals surface area contributed by atoms with Gasteiger partial charge in [-0.25, -0.2) is 4.39 Å². The van der Waals surface area contributed by atoms with E-state index in [-0.39, 0.29) is 29.3 Å². The summed E-state index contributed by atoms with van der Waals surface area (Å²) in [5.41, 5.74) is 0.825. The van der Waals surface area contributed by atoms with Crippen molar-refractivity contribution in [1.82, 2.24) is 0 Å². The van der Waals surface area contributed by atoms with Gasteiger partial charge in [0.25, 0.3) is 5.91 Å². The predicted molar refractivity (Wildman–Crippen MR) is 103 cm³/mol. The molecule has 1 N–H and O–H groups in total. The highest BCUT2D eigenvalue weighted by Crippen LogP contribution is 2.23. The molecule has 2 aromatic rings. The van der Waals surface area contributed by atoms with Crippen LogP contribution in [0, 0.1) is 19.7 Å². The predicted octanol–water partition coefficient (Wildman–Crippen LogP) is 4.69. The molecule has 0 aliphatic heterocycles. The summed E-state index contributed by atoms with van der Waals surface area (Å²) in [4.78, 5) is 38.1. The van der Waals surface area contributed by atoms with E-state index in [1.54, 1.807) is 6.07 Å². The van der Waals surface area contributed by atoms with E-state index in [1.807, 2.05) is 13.8 Å². The maximum Gasteiger partial charge on any atom is 0.307 e. The van der Waals surface area contributed by atoms with E-state index in [9.17, 15) is 18.8 Å². The molecular formula is C19H19ClFNO4S. The van der Waals surface area contributed by atoms with Crippen LogP contribution in [0.4, 0.5) is 10.1 Å². The third-order valence-electron chi connectivity index (χ3n) is 3.76. The second-order valence-electron chi connectivity index (χ2n) is 6.00. The summed E-state index contributed by atoms with van der Waals surface area (Å²) in [5, 5.41) is 2.50. The van der Waals surface area contributed by atoms with Gasteiger partial charge in [-0.15, -0.1) is 11.3 Å². The van der Waals surface area contributed by atoms with Crippen molar-refractivity contribution in [2.24, 2.45) is 0 Å². The molecule has 0 unspecified atom stereocenters. The molecule has 0 saturated heterocycles. The lowest BCUT2D eigenvalue weighted by Crippen LogP contribution is -2.30. The molecule has 144 valence electrons. The Morgan fingerprint density at radius 2 is 1.93 bits per heavy atom. The number of Topliss-reactive ketones (excluding diaryl/α,β-unsaturated/α-hetero) is 1. The van der Waals surface area contributed by atoms with Crippen LogP contribution in [0.25, 0.3) is 0 Å². The quantitative estimate of drug-likeness (QED) is 0.530. The van der Waals surface area contributed by atoms with Crippen molar-refractivity contribution in [2.45, 2.75) is 39.7 Å². The van der Waals surface area contributed by atoms with Crippen molar-refractivity contribution in [2.75, 3.05) is 5.32 Å². The van der Waals surface area contributed by atoms with Gasteiger partial charge < -0.3 is 10.1 Å². The van der Waals surface area contributed by atoms with Gasteiger partial charge >= 0.3 is 5.97 Å². The van der Waals surface area contributed by atoms with Crippen molar-refractivity contribution in [3.8, 4) is 0 Å². The summed E-state index contributed by atoms with van der Waals surface area (Å²) in [6, 6.07) is 5.33. The number of aryl methyl sites for hydroxylation is 2. The zero-order valence-corrected chi connectivity index (χ0v) is 16.7. The van der Waals surface area contributed by atoms with Crippen LogP contribution in [-0.2, 0) is 14.3 Å². The number of ether oxygens (including phenoxy) is 1. The van der Waals surface area contributed by atoms with Crippen LogP contribution in [0.1, 0.15) is 39.9 Å². The average molecular weight is 412 g/mol. The maximum absolute atomic E-state index is 13.0. The molecule has 0 saturated carbocycles. The van der Waals surface area contributed by atoms with E-state index in [1.165, 1.54) is 24.3 Å². The van der Waals surface area contributed by atoms with Gasteiger partial charge in [0.15, 0.2) is 11.9 Å². The van der Waals surface area contributed by atoms with E-state index in [0.29, 0.717) is 5.56 Å². The maximum atomic E-state index is 13.0. The number of nitrogens with one attached hydrogen (secondary N) is 1. The van der Waals surface area contributed by atoms with Crippen molar-refractivity contribution in [1.29, 1.82) is 0 Å². The number of anilines is 1. The molecule has 8 heteroatoms. The summed E-state index contributed by atoms with van der Waals surface area (Å²) in [6.07, 6.45) is -1.20. The molecule has 0 bridgehead atoms. The van der Waals surface area contributed by atoms with Crippen molar-refractivity contribution in [3.63, 3.8) is 0 Å². The van der Waals surface area contributed by atoms with E-state index >= 15 is 0 Å². The largest absolute Gasteiger partial charge is 0.453 e. The number of carbonyl (C=O) groups is 3. The zero-order valence-electron chi connectivity index (χ0n) is 15.1. The SMILES string of the molecule is Cc1cc(C(=O)CCC(=O)O[C@H](C)C(=O)Nc2ccc(F)cc2Cl)c(C)s1. The van der Waals surface area contributed by atoms with Crippen LogP contribution >= 0.6 is 22.9 Å². The lowest BCUT2D eigenvalue weighted by atomic mass is 10.1. The highest BCUT2D eigenvalue weighted by molar-refractivity contribution is 7.12. The summed E-state index contributed by atoms with van der Waals surface area (Å²) in [7, 11) is 0. The molecule has 1 atom stereocenters. The molecule has 0 aliphatic rings. The number of thiophene rings is 1. The Bertz CT molecular complexity index is 881. The number of hydrogen-bond acceptors (Lipinski definition) is 5. The van der Waals surface area contributed by atoms with Crippen molar-refractivity contribution < 1.29 is 23.5 Å². The van der Waals surface area contributed by atoms with Gasteiger partial charge in [0.1, 0.15) is 5.82 Å². The smallest absolute Gasteiger partial charge is 0.307 e. The zero-order chi connectivity index (χ0) is 20.1. The molecule has 5 nitrogen and oxygen atoms in total. The van der Waals surface area contributed by atoms with Gasteiger partial charge in [-0.1, -0.05) is 11.6 Å².